The maximum absolute atomic E-state index is 11.0. The van der Waals surface area contributed by atoms with E-state index in [-0.39, 0.29) is 12.2 Å². The maximum atomic E-state index is 11.0. The van der Waals surface area contributed by atoms with E-state index in [1.807, 2.05) is 0 Å². The highest BCUT2D eigenvalue weighted by atomic mass is 16.4. The highest BCUT2D eigenvalue weighted by molar-refractivity contribution is 5.84. The van der Waals surface area contributed by atoms with E-state index in [0.29, 0.717) is 16.7 Å². The lowest BCUT2D eigenvalue weighted by atomic mass is 9.88. The molecule has 2 aromatic rings. The molecule has 0 saturated heterocycles. The molecule has 0 bridgehead atoms. The molecule has 1 aromatic heterocycles. The summed E-state index contributed by atoms with van der Waals surface area (Å²) in [6.45, 7) is 3.28. The van der Waals surface area contributed by atoms with Gasteiger partial charge in [-0.3, -0.25) is 4.79 Å². The minimum absolute atomic E-state index is 0.144. The first-order valence-corrected chi connectivity index (χ1v) is 5.34. The molecule has 0 unspecified atom stereocenters. The summed E-state index contributed by atoms with van der Waals surface area (Å²) < 4.78 is 5.51. The van der Waals surface area contributed by atoms with E-state index in [4.69, 9.17) is 9.52 Å². The van der Waals surface area contributed by atoms with Crippen molar-refractivity contribution in [3.63, 3.8) is 0 Å². The molecule has 90 valence electrons. The van der Waals surface area contributed by atoms with Crippen LogP contribution in [0.25, 0.3) is 11.0 Å². The number of phenols is 1. The molecule has 0 spiro atoms. The number of benzene rings is 1. The van der Waals surface area contributed by atoms with Crippen LogP contribution in [0.2, 0.25) is 0 Å². The van der Waals surface area contributed by atoms with Crippen molar-refractivity contribution in [2.24, 2.45) is 5.41 Å². The van der Waals surface area contributed by atoms with Crippen LogP contribution < -0.4 is 0 Å². The van der Waals surface area contributed by atoms with Crippen molar-refractivity contribution < 1.29 is 19.4 Å². The number of carboxylic acid groups (broad SMARTS) is 1. The summed E-state index contributed by atoms with van der Waals surface area (Å²) in [5.74, 6) is -0.165. The van der Waals surface area contributed by atoms with Gasteiger partial charge in [-0.1, -0.05) is 6.07 Å². The van der Waals surface area contributed by atoms with E-state index in [0.717, 1.165) is 0 Å². The van der Waals surface area contributed by atoms with Crippen LogP contribution in [0, 0.1) is 5.41 Å². The summed E-state index contributed by atoms with van der Waals surface area (Å²) in [5, 5.41) is 19.3. The lowest BCUT2D eigenvalue weighted by Gasteiger charge is -2.16. The standard InChI is InChI=1S/C13H14O4/c1-13(2,12(15)16)7-8-6-9-10(14)4-3-5-11(9)17-8/h3-6,14H,7H2,1-2H3,(H,15,16). The van der Waals surface area contributed by atoms with Gasteiger partial charge < -0.3 is 14.6 Å². The Morgan fingerprint density at radius 1 is 1.41 bits per heavy atom. The Bertz CT molecular complexity index is 566. The molecule has 1 aromatic carbocycles. The van der Waals surface area contributed by atoms with Gasteiger partial charge in [0.25, 0.3) is 0 Å². The van der Waals surface area contributed by atoms with Gasteiger partial charge in [0.2, 0.25) is 0 Å². The largest absolute Gasteiger partial charge is 0.507 e. The summed E-state index contributed by atoms with van der Waals surface area (Å²) in [5.41, 5.74) is -0.315. The van der Waals surface area contributed by atoms with Crippen molar-refractivity contribution in [1.82, 2.24) is 0 Å². The van der Waals surface area contributed by atoms with Gasteiger partial charge >= 0.3 is 5.97 Å². The van der Waals surface area contributed by atoms with Crippen LogP contribution in [0.4, 0.5) is 0 Å². The van der Waals surface area contributed by atoms with E-state index in [1.165, 1.54) is 0 Å². The molecule has 0 saturated carbocycles. The fourth-order valence-corrected chi connectivity index (χ4v) is 1.70. The van der Waals surface area contributed by atoms with E-state index in [2.05, 4.69) is 0 Å². The number of aromatic hydroxyl groups is 1. The Balaban J connectivity index is 2.38. The second kappa shape index (κ2) is 3.80. The fraction of sp³-hybridized carbons (Fsp3) is 0.308. The van der Waals surface area contributed by atoms with Crippen molar-refractivity contribution >= 4 is 16.9 Å². The minimum atomic E-state index is -0.885. The number of fused-ring (bicyclic) bond motifs is 1. The SMILES string of the molecule is CC(C)(Cc1cc2c(O)cccc2o1)C(=O)O. The van der Waals surface area contributed by atoms with Crippen LogP contribution in [-0.2, 0) is 11.2 Å². The van der Waals surface area contributed by atoms with Gasteiger partial charge in [-0.25, -0.2) is 0 Å². The second-order valence-corrected chi connectivity index (χ2v) is 4.77. The first-order chi connectivity index (χ1) is 7.90. The van der Waals surface area contributed by atoms with E-state index in [1.54, 1.807) is 38.1 Å². The van der Waals surface area contributed by atoms with Gasteiger partial charge in [0.1, 0.15) is 17.1 Å². The molecule has 4 nitrogen and oxygen atoms in total. The highest BCUT2D eigenvalue weighted by Crippen LogP contribution is 2.31. The van der Waals surface area contributed by atoms with Crippen LogP contribution in [0.5, 0.6) is 5.75 Å². The quantitative estimate of drug-likeness (QED) is 0.856. The Morgan fingerprint density at radius 2 is 2.12 bits per heavy atom. The van der Waals surface area contributed by atoms with Crippen molar-refractivity contribution in [3.8, 4) is 5.75 Å². The summed E-state index contributed by atoms with van der Waals surface area (Å²) >= 11 is 0. The average Bonchev–Trinajstić information content (AvgIpc) is 2.60. The molecule has 0 aliphatic carbocycles. The summed E-state index contributed by atoms with van der Waals surface area (Å²) in [6, 6.07) is 6.69. The molecular weight excluding hydrogens is 220 g/mol. The molecule has 0 atom stereocenters. The third-order valence-electron chi connectivity index (χ3n) is 2.78. The molecule has 2 N–H and O–H groups in total. The van der Waals surface area contributed by atoms with Crippen LogP contribution >= 0.6 is 0 Å². The Labute approximate surface area is 98.5 Å². The number of carboxylic acids is 1. The molecule has 0 aliphatic rings. The molecule has 0 fully saturated rings. The third kappa shape index (κ3) is 2.11. The Kier molecular flexibility index (Phi) is 2.58. The van der Waals surface area contributed by atoms with Gasteiger partial charge in [-0.2, -0.15) is 0 Å². The topological polar surface area (TPSA) is 70.7 Å². The van der Waals surface area contributed by atoms with Crippen LogP contribution in [0.1, 0.15) is 19.6 Å². The number of hydrogen-bond acceptors (Lipinski definition) is 3. The second-order valence-electron chi connectivity index (χ2n) is 4.77. The molecule has 1 heterocycles. The molecule has 2 rings (SSSR count). The molecule has 4 heteroatoms. The molecule has 0 aliphatic heterocycles. The number of hydrogen-bond donors (Lipinski definition) is 2. The van der Waals surface area contributed by atoms with Crippen molar-refractivity contribution in [3.05, 3.63) is 30.0 Å². The average molecular weight is 234 g/mol. The van der Waals surface area contributed by atoms with E-state index >= 15 is 0 Å². The zero-order chi connectivity index (χ0) is 12.6. The smallest absolute Gasteiger partial charge is 0.309 e. The minimum Gasteiger partial charge on any atom is -0.507 e. The highest BCUT2D eigenvalue weighted by Gasteiger charge is 2.29. The van der Waals surface area contributed by atoms with Crippen LogP contribution in [0.3, 0.4) is 0 Å². The molecular formula is C13H14O4. The predicted octanol–water partition coefficient (Wildman–Crippen LogP) is 2.79. The zero-order valence-corrected chi connectivity index (χ0v) is 9.73. The summed E-state index contributed by atoms with van der Waals surface area (Å²) in [7, 11) is 0. The van der Waals surface area contributed by atoms with Gasteiger partial charge in [0, 0.05) is 6.42 Å². The monoisotopic (exact) mass is 234 g/mol. The van der Waals surface area contributed by atoms with Gasteiger partial charge in [0.05, 0.1) is 10.8 Å². The Morgan fingerprint density at radius 3 is 2.71 bits per heavy atom. The number of aliphatic carboxylic acids is 1. The van der Waals surface area contributed by atoms with Gasteiger partial charge in [0.15, 0.2) is 0 Å². The van der Waals surface area contributed by atoms with Gasteiger partial charge in [-0.15, -0.1) is 0 Å². The molecule has 17 heavy (non-hydrogen) atoms. The zero-order valence-electron chi connectivity index (χ0n) is 9.73. The Hall–Kier alpha value is -1.97. The number of phenolic OH excluding ortho intramolecular Hbond substituents is 1. The predicted molar refractivity (Wildman–Crippen MR) is 63.0 cm³/mol. The number of furan rings is 1. The molecule has 0 amide bonds. The first kappa shape index (κ1) is 11.5. The fourth-order valence-electron chi connectivity index (χ4n) is 1.70. The van der Waals surface area contributed by atoms with Crippen molar-refractivity contribution in [1.29, 1.82) is 0 Å². The normalized spacial score (nSPS) is 11.9. The van der Waals surface area contributed by atoms with Crippen molar-refractivity contribution in [2.45, 2.75) is 20.3 Å². The lowest BCUT2D eigenvalue weighted by Crippen LogP contribution is -2.25. The third-order valence-corrected chi connectivity index (χ3v) is 2.78. The van der Waals surface area contributed by atoms with E-state index < -0.39 is 11.4 Å². The van der Waals surface area contributed by atoms with Crippen LogP contribution in [0.15, 0.2) is 28.7 Å². The summed E-state index contributed by atoms with van der Waals surface area (Å²) in [4.78, 5) is 11.0. The molecule has 0 radical (unpaired) electrons. The number of rotatable bonds is 3. The maximum Gasteiger partial charge on any atom is 0.309 e. The first-order valence-electron chi connectivity index (χ1n) is 5.34. The van der Waals surface area contributed by atoms with Crippen molar-refractivity contribution in [2.75, 3.05) is 0 Å². The lowest BCUT2D eigenvalue weighted by molar-refractivity contribution is -0.147. The number of carbonyl (C=O) groups is 1. The van der Waals surface area contributed by atoms with E-state index in [9.17, 15) is 9.90 Å². The summed E-state index contributed by atoms with van der Waals surface area (Å²) in [6.07, 6.45) is 0.288. The van der Waals surface area contributed by atoms with Gasteiger partial charge in [-0.05, 0) is 32.0 Å². The van der Waals surface area contributed by atoms with Crippen LogP contribution in [-0.4, -0.2) is 16.2 Å².